The zero-order valence-corrected chi connectivity index (χ0v) is 13.1. The average molecular weight is 328 g/mol. The fraction of sp³-hybridized carbons (Fsp3) is 0.0588. The first-order valence-corrected chi connectivity index (χ1v) is 7.25. The molecule has 3 rings (SSSR count). The number of hydrogen-bond acceptors (Lipinski definition) is 4. The molecule has 0 unspecified atom stereocenters. The van der Waals surface area contributed by atoms with E-state index < -0.39 is 5.91 Å². The summed E-state index contributed by atoms with van der Waals surface area (Å²) < 4.78 is 5.87. The topological polar surface area (TPSA) is 91.2 Å². The number of fused-ring (bicyclic) bond motifs is 1. The number of nitrogen functional groups attached to an aromatic ring is 1. The molecule has 0 bridgehead atoms. The minimum absolute atomic E-state index is 0.412. The highest BCUT2D eigenvalue weighted by atomic mass is 35.5. The standard InChI is InChI=1S/C17H14ClN3O2/c1-9-6-15-12(8-11(9)17(20)22)16(4-5-21-15)23-10-2-3-14(19)13(18)7-10/h2-8H,19H2,1H3,(H2,20,22). The maximum atomic E-state index is 11.5. The second kappa shape index (κ2) is 5.78. The van der Waals surface area contributed by atoms with Gasteiger partial charge in [0.2, 0.25) is 5.91 Å². The minimum Gasteiger partial charge on any atom is -0.457 e. The molecule has 3 aromatic rings. The van der Waals surface area contributed by atoms with E-state index in [-0.39, 0.29) is 0 Å². The van der Waals surface area contributed by atoms with Crippen molar-refractivity contribution in [2.45, 2.75) is 6.92 Å². The van der Waals surface area contributed by atoms with Crippen molar-refractivity contribution in [3.63, 3.8) is 0 Å². The van der Waals surface area contributed by atoms with E-state index in [9.17, 15) is 4.79 Å². The molecule has 0 aliphatic heterocycles. The molecule has 0 spiro atoms. The summed E-state index contributed by atoms with van der Waals surface area (Å²) in [7, 11) is 0. The monoisotopic (exact) mass is 327 g/mol. The van der Waals surface area contributed by atoms with E-state index >= 15 is 0 Å². The van der Waals surface area contributed by atoms with Gasteiger partial charge in [-0.1, -0.05) is 11.6 Å². The van der Waals surface area contributed by atoms with Crippen LogP contribution in [-0.4, -0.2) is 10.9 Å². The van der Waals surface area contributed by atoms with Crippen molar-refractivity contribution >= 4 is 34.1 Å². The largest absolute Gasteiger partial charge is 0.457 e. The summed E-state index contributed by atoms with van der Waals surface area (Å²) in [6.45, 7) is 1.81. The molecule has 0 atom stereocenters. The van der Waals surface area contributed by atoms with Crippen LogP contribution in [0.2, 0.25) is 5.02 Å². The van der Waals surface area contributed by atoms with Crippen LogP contribution >= 0.6 is 11.6 Å². The van der Waals surface area contributed by atoms with E-state index in [1.807, 2.05) is 6.92 Å². The number of carbonyl (C=O) groups excluding carboxylic acids is 1. The molecule has 23 heavy (non-hydrogen) atoms. The summed E-state index contributed by atoms with van der Waals surface area (Å²) in [5, 5.41) is 1.11. The molecule has 116 valence electrons. The van der Waals surface area contributed by atoms with Gasteiger partial charge in [-0.15, -0.1) is 0 Å². The van der Waals surface area contributed by atoms with Crippen LogP contribution in [-0.2, 0) is 0 Å². The average Bonchev–Trinajstić information content (AvgIpc) is 2.50. The van der Waals surface area contributed by atoms with Crippen molar-refractivity contribution in [3.05, 3.63) is 58.7 Å². The lowest BCUT2D eigenvalue weighted by Crippen LogP contribution is -2.12. The Morgan fingerprint density at radius 2 is 2.00 bits per heavy atom. The van der Waals surface area contributed by atoms with Gasteiger partial charge in [0.15, 0.2) is 0 Å². The Bertz CT molecular complexity index is 925. The molecule has 2 aromatic carbocycles. The molecule has 1 heterocycles. The lowest BCUT2D eigenvalue weighted by Gasteiger charge is -2.11. The summed E-state index contributed by atoms with van der Waals surface area (Å²) in [5.74, 6) is 0.603. The molecule has 0 radical (unpaired) electrons. The highest BCUT2D eigenvalue weighted by Gasteiger charge is 2.11. The van der Waals surface area contributed by atoms with Crippen molar-refractivity contribution < 1.29 is 9.53 Å². The maximum Gasteiger partial charge on any atom is 0.248 e. The summed E-state index contributed by atoms with van der Waals surface area (Å²) in [6.07, 6.45) is 1.64. The van der Waals surface area contributed by atoms with Gasteiger partial charge >= 0.3 is 0 Å². The van der Waals surface area contributed by atoms with E-state index in [0.717, 1.165) is 5.56 Å². The minimum atomic E-state index is -0.491. The highest BCUT2D eigenvalue weighted by Crippen LogP contribution is 2.32. The van der Waals surface area contributed by atoms with Crippen LogP contribution in [0, 0.1) is 6.92 Å². The van der Waals surface area contributed by atoms with Crippen molar-refractivity contribution in [1.82, 2.24) is 4.98 Å². The molecule has 0 saturated carbocycles. The van der Waals surface area contributed by atoms with E-state index in [4.69, 9.17) is 27.8 Å². The Morgan fingerprint density at radius 1 is 1.22 bits per heavy atom. The second-order valence-electron chi connectivity index (χ2n) is 5.14. The Labute approximate surface area is 137 Å². The third-order valence-corrected chi connectivity index (χ3v) is 3.84. The van der Waals surface area contributed by atoms with Gasteiger partial charge in [0.1, 0.15) is 11.5 Å². The number of nitrogens with zero attached hydrogens (tertiary/aromatic N) is 1. The Morgan fingerprint density at radius 3 is 2.70 bits per heavy atom. The molecule has 0 aliphatic carbocycles. The number of ether oxygens (including phenoxy) is 1. The maximum absolute atomic E-state index is 11.5. The van der Waals surface area contributed by atoms with E-state index in [2.05, 4.69) is 4.98 Å². The second-order valence-corrected chi connectivity index (χ2v) is 5.55. The molecule has 0 aliphatic rings. The molecule has 1 aromatic heterocycles. The lowest BCUT2D eigenvalue weighted by atomic mass is 10.0. The van der Waals surface area contributed by atoms with E-state index in [0.29, 0.717) is 38.7 Å². The zero-order valence-electron chi connectivity index (χ0n) is 12.3. The summed E-state index contributed by atoms with van der Waals surface area (Å²) in [4.78, 5) is 15.8. The van der Waals surface area contributed by atoms with Gasteiger partial charge in [-0.25, -0.2) is 0 Å². The number of rotatable bonds is 3. The van der Waals surface area contributed by atoms with E-state index in [1.54, 1.807) is 42.6 Å². The molecular formula is C17H14ClN3O2. The van der Waals surface area contributed by atoms with Crippen LogP contribution in [0.25, 0.3) is 10.9 Å². The van der Waals surface area contributed by atoms with Crippen LogP contribution in [0.4, 0.5) is 5.69 Å². The third kappa shape index (κ3) is 2.91. The van der Waals surface area contributed by atoms with Crippen molar-refractivity contribution in [3.8, 4) is 11.5 Å². The molecular weight excluding hydrogens is 314 g/mol. The molecule has 5 nitrogen and oxygen atoms in total. The quantitative estimate of drug-likeness (QED) is 0.718. The lowest BCUT2D eigenvalue weighted by molar-refractivity contribution is 0.1000. The van der Waals surface area contributed by atoms with Gasteiger partial charge in [0.25, 0.3) is 0 Å². The SMILES string of the molecule is Cc1cc2nccc(Oc3ccc(N)c(Cl)c3)c2cc1C(N)=O. The molecule has 0 saturated heterocycles. The van der Waals surface area contributed by atoms with Crippen molar-refractivity contribution in [1.29, 1.82) is 0 Å². The van der Waals surface area contributed by atoms with Gasteiger partial charge < -0.3 is 16.2 Å². The molecule has 1 amide bonds. The number of aryl methyl sites for hydroxylation is 1. The number of hydrogen-bond donors (Lipinski definition) is 2. The predicted octanol–water partition coefficient (Wildman–Crippen LogP) is 3.67. The number of benzene rings is 2. The number of primary amides is 1. The molecule has 6 heteroatoms. The van der Waals surface area contributed by atoms with E-state index in [1.165, 1.54) is 0 Å². The number of aromatic nitrogens is 1. The number of halogens is 1. The Kier molecular flexibility index (Phi) is 3.80. The number of amides is 1. The number of nitrogens with two attached hydrogens (primary N) is 2. The van der Waals surface area contributed by atoms with Crippen LogP contribution in [0.3, 0.4) is 0 Å². The van der Waals surface area contributed by atoms with Gasteiger partial charge in [-0.3, -0.25) is 9.78 Å². The first-order valence-electron chi connectivity index (χ1n) is 6.88. The van der Waals surface area contributed by atoms with Gasteiger partial charge in [-0.2, -0.15) is 0 Å². The number of pyridine rings is 1. The molecule has 4 N–H and O–H groups in total. The molecule has 0 fully saturated rings. The van der Waals surface area contributed by atoms with Crippen LogP contribution in [0.15, 0.2) is 42.6 Å². The fourth-order valence-corrected chi connectivity index (χ4v) is 2.50. The zero-order chi connectivity index (χ0) is 16.6. The predicted molar refractivity (Wildman–Crippen MR) is 90.9 cm³/mol. The third-order valence-electron chi connectivity index (χ3n) is 3.51. The fourth-order valence-electron chi connectivity index (χ4n) is 2.32. The normalized spacial score (nSPS) is 10.7. The van der Waals surface area contributed by atoms with Crippen LogP contribution in [0.1, 0.15) is 15.9 Å². The van der Waals surface area contributed by atoms with Gasteiger partial charge in [-0.05, 0) is 42.8 Å². The van der Waals surface area contributed by atoms with Crippen molar-refractivity contribution in [2.24, 2.45) is 5.73 Å². The Balaban J connectivity index is 2.11. The van der Waals surface area contributed by atoms with Crippen LogP contribution in [0.5, 0.6) is 11.5 Å². The van der Waals surface area contributed by atoms with Gasteiger partial charge in [0, 0.05) is 23.2 Å². The summed E-state index contributed by atoms with van der Waals surface area (Å²) in [6, 6.07) is 10.2. The number of anilines is 1. The first kappa shape index (κ1) is 15.1. The van der Waals surface area contributed by atoms with Gasteiger partial charge in [0.05, 0.1) is 16.2 Å². The Hall–Kier alpha value is -2.79. The summed E-state index contributed by atoms with van der Waals surface area (Å²) in [5.41, 5.74) is 13.5. The summed E-state index contributed by atoms with van der Waals surface area (Å²) >= 11 is 6.01. The smallest absolute Gasteiger partial charge is 0.248 e. The van der Waals surface area contributed by atoms with Crippen LogP contribution < -0.4 is 16.2 Å². The first-order chi connectivity index (χ1) is 11.0. The highest BCUT2D eigenvalue weighted by molar-refractivity contribution is 6.33. The number of carbonyl (C=O) groups is 1. The van der Waals surface area contributed by atoms with Crippen molar-refractivity contribution in [2.75, 3.05) is 5.73 Å².